The van der Waals surface area contributed by atoms with Crippen molar-refractivity contribution >= 4 is 27.3 Å². The molecule has 30 heavy (non-hydrogen) atoms. The first-order valence-electron chi connectivity index (χ1n) is 9.26. The second-order valence-corrected chi connectivity index (χ2v) is 10.9. The number of carbonyl (C=O) groups is 1. The SMILES string of the molecule is CC(C)([C@@H]1CC(=O)N(Cc2cccc(Cl)c2)C1)S(=O)(=O)c1cccc(C(F)(F)F)c1. The standard InChI is InChI=1S/C21H21ClF3NO3S/c1-20(2,30(28,29)18-8-4-6-15(10-18)21(23,24)25)16-11-19(27)26(13-16)12-14-5-3-7-17(22)9-14/h3-10,16H,11-13H2,1-2H3/t16-/m1/s1. The lowest BCUT2D eigenvalue weighted by Gasteiger charge is -2.31. The largest absolute Gasteiger partial charge is 0.416 e. The summed E-state index contributed by atoms with van der Waals surface area (Å²) in [5, 5.41) is 0.531. The van der Waals surface area contributed by atoms with E-state index in [0.29, 0.717) is 11.1 Å². The molecule has 9 heteroatoms. The number of rotatable bonds is 5. The highest BCUT2D eigenvalue weighted by molar-refractivity contribution is 7.92. The van der Waals surface area contributed by atoms with Crippen LogP contribution in [0.5, 0.6) is 0 Å². The summed E-state index contributed by atoms with van der Waals surface area (Å²) in [6, 6.07) is 10.7. The molecular formula is C21H21ClF3NO3S. The Bertz CT molecular complexity index is 1070. The molecule has 0 aliphatic carbocycles. The van der Waals surface area contributed by atoms with Gasteiger partial charge >= 0.3 is 6.18 Å². The number of likely N-dealkylation sites (tertiary alicyclic amines) is 1. The van der Waals surface area contributed by atoms with Crippen LogP contribution in [-0.4, -0.2) is 30.5 Å². The topological polar surface area (TPSA) is 54.5 Å². The Morgan fingerprint density at radius 1 is 1.10 bits per heavy atom. The first-order valence-corrected chi connectivity index (χ1v) is 11.1. The van der Waals surface area contributed by atoms with Crippen molar-refractivity contribution in [2.75, 3.05) is 6.54 Å². The summed E-state index contributed by atoms with van der Waals surface area (Å²) in [6.07, 6.45) is -4.64. The average Bonchev–Trinajstić information content (AvgIpc) is 3.02. The van der Waals surface area contributed by atoms with E-state index in [0.717, 1.165) is 23.8 Å². The van der Waals surface area contributed by atoms with Crippen LogP contribution in [0.1, 0.15) is 31.4 Å². The van der Waals surface area contributed by atoms with Crippen LogP contribution < -0.4 is 0 Å². The number of carbonyl (C=O) groups excluding carboxylic acids is 1. The van der Waals surface area contributed by atoms with Crippen LogP contribution in [0.3, 0.4) is 0 Å². The molecule has 1 aliphatic rings. The second-order valence-electron chi connectivity index (χ2n) is 7.94. The molecule has 1 fully saturated rings. The Kier molecular flexibility index (Phi) is 5.95. The van der Waals surface area contributed by atoms with Crippen LogP contribution in [0.25, 0.3) is 0 Å². The molecule has 2 aromatic rings. The third-order valence-electron chi connectivity index (χ3n) is 5.62. The molecule has 2 aromatic carbocycles. The Hall–Kier alpha value is -2.06. The predicted molar refractivity (Wildman–Crippen MR) is 108 cm³/mol. The van der Waals surface area contributed by atoms with E-state index >= 15 is 0 Å². The molecule has 1 atom stereocenters. The zero-order valence-corrected chi connectivity index (χ0v) is 18.0. The number of halogens is 4. The summed E-state index contributed by atoms with van der Waals surface area (Å²) in [5.41, 5.74) is -0.209. The van der Waals surface area contributed by atoms with Gasteiger partial charge in [-0.1, -0.05) is 29.8 Å². The summed E-state index contributed by atoms with van der Waals surface area (Å²) in [5.74, 6) is -0.768. The molecule has 4 nitrogen and oxygen atoms in total. The smallest absolute Gasteiger partial charge is 0.338 e. The van der Waals surface area contributed by atoms with Gasteiger partial charge in [0.25, 0.3) is 0 Å². The molecule has 1 saturated heterocycles. The lowest BCUT2D eigenvalue weighted by molar-refractivity contribution is -0.137. The van der Waals surface area contributed by atoms with Crippen molar-refractivity contribution in [1.82, 2.24) is 4.90 Å². The zero-order chi connectivity index (χ0) is 22.3. The van der Waals surface area contributed by atoms with Crippen LogP contribution in [0, 0.1) is 5.92 Å². The summed E-state index contributed by atoms with van der Waals surface area (Å²) < 4.78 is 64.1. The molecule has 0 saturated carbocycles. The number of amides is 1. The van der Waals surface area contributed by atoms with Gasteiger partial charge in [0.15, 0.2) is 9.84 Å². The molecule has 0 unspecified atom stereocenters. The maximum Gasteiger partial charge on any atom is 0.416 e. The third kappa shape index (κ3) is 4.34. The van der Waals surface area contributed by atoms with Gasteiger partial charge in [-0.25, -0.2) is 8.42 Å². The molecule has 162 valence electrons. The first-order chi connectivity index (χ1) is 13.8. The summed E-state index contributed by atoms with van der Waals surface area (Å²) in [7, 11) is -4.13. The Morgan fingerprint density at radius 3 is 2.40 bits per heavy atom. The Balaban J connectivity index is 1.85. The Morgan fingerprint density at radius 2 is 1.77 bits per heavy atom. The van der Waals surface area contributed by atoms with Crippen molar-refractivity contribution < 1.29 is 26.4 Å². The van der Waals surface area contributed by atoms with Gasteiger partial charge in [0.05, 0.1) is 15.2 Å². The van der Waals surface area contributed by atoms with Crippen molar-refractivity contribution in [3.8, 4) is 0 Å². The van der Waals surface area contributed by atoms with Crippen LogP contribution in [0.2, 0.25) is 5.02 Å². The molecule has 1 amide bonds. The molecule has 0 N–H and O–H groups in total. The van der Waals surface area contributed by atoms with Crippen LogP contribution in [-0.2, 0) is 27.4 Å². The molecule has 1 aliphatic heterocycles. The highest BCUT2D eigenvalue weighted by Gasteiger charge is 2.48. The molecule has 0 bridgehead atoms. The van der Waals surface area contributed by atoms with E-state index in [1.54, 1.807) is 23.1 Å². The van der Waals surface area contributed by atoms with Gasteiger partial charge in [-0.05, 0) is 49.7 Å². The molecule has 0 aromatic heterocycles. The Labute approximate surface area is 178 Å². The molecular weight excluding hydrogens is 439 g/mol. The second kappa shape index (κ2) is 7.89. The lowest BCUT2D eigenvalue weighted by Crippen LogP contribution is -2.41. The van der Waals surface area contributed by atoms with Crippen LogP contribution in [0.15, 0.2) is 53.4 Å². The minimum atomic E-state index is -4.65. The molecule has 3 rings (SSSR count). The normalized spacial score (nSPS) is 18.1. The highest BCUT2D eigenvalue weighted by Crippen LogP contribution is 2.39. The fourth-order valence-corrected chi connectivity index (χ4v) is 5.57. The van der Waals surface area contributed by atoms with Crippen molar-refractivity contribution in [2.45, 2.75) is 42.6 Å². The van der Waals surface area contributed by atoms with Gasteiger partial charge in [0, 0.05) is 30.5 Å². The first kappa shape index (κ1) is 22.6. The van der Waals surface area contributed by atoms with Gasteiger partial charge in [0.2, 0.25) is 5.91 Å². The van der Waals surface area contributed by atoms with E-state index in [2.05, 4.69) is 0 Å². The van der Waals surface area contributed by atoms with E-state index in [4.69, 9.17) is 11.6 Å². The zero-order valence-electron chi connectivity index (χ0n) is 16.4. The summed E-state index contributed by atoms with van der Waals surface area (Å²) in [6.45, 7) is 3.40. The van der Waals surface area contributed by atoms with Crippen LogP contribution in [0.4, 0.5) is 13.2 Å². The van der Waals surface area contributed by atoms with E-state index in [9.17, 15) is 26.4 Å². The maximum absolute atomic E-state index is 13.2. The van der Waals surface area contributed by atoms with E-state index in [-0.39, 0.29) is 25.4 Å². The third-order valence-corrected chi connectivity index (χ3v) is 8.45. The van der Waals surface area contributed by atoms with Gasteiger partial charge in [0.1, 0.15) is 0 Å². The fourth-order valence-electron chi connectivity index (χ4n) is 3.61. The van der Waals surface area contributed by atoms with Crippen molar-refractivity contribution in [3.63, 3.8) is 0 Å². The van der Waals surface area contributed by atoms with Gasteiger partial charge < -0.3 is 4.90 Å². The monoisotopic (exact) mass is 459 g/mol. The predicted octanol–water partition coefficient (Wildman–Crippen LogP) is 4.96. The average molecular weight is 460 g/mol. The quantitative estimate of drug-likeness (QED) is 0.635. The lowest BCUT2D eigenvalue weighted by atomic mass is 9.94. The number of hydrogen-bond donors (Lipinski definition) is 0. The van der Waals surface area contributed by atoms with Crippen molar-refractivity contribution in [2.24, 2.45) is 5.92 Å². The number of hydrogen-bond acceptors (Lipinski definition) is 3. The minimum Gasteiger partial charge on any atom is -0.338 e. The minimum absolute atomic E-state index is 0.00571. The van der Waals surface area contributed by atoms with Crippen molar-refractivity contribution in [3.05, 3.63) is 64.7 Å². The number of benzene rings is 2. The fraction of sp³-hybridized carbons (Fsp3) is 0.381. The van der Waals surface area contributed by atoms with Gasteiger partial charge in [-0.3, -0.25) is 4.79 Å². The molecule has 0 radical (unpaired) electrons. The van der Waals surface area contributed by atoms with E-state index in [1.165, 1.54) is 13.8 Å². The van der Waals surface area contributed by atoms with Gasteiger partial charge in [-0.15, -0.1) is 0 Å². The molecule has 0 spiro atoms. The number of sulfone groups is 1. The van der Waals surface area contributed by atoms with Crippen LogP contribution >= 0.6 is 11.6 Å². The van der Waals surface area contributed by atoms with Gasteiger partial charge in [-0.2, -0.15) is 13.2 Å². The number of alkyl halides is 3. The van der Waals surface area contributed by atoms with Crippen molar-refractivity contribution in [1.29, 1.82) is 0 Å². The maximum atomic E-state index is 13.2. The molecule has 1 heterocycles. The highest BCUT2D eigenvalue weighted by atomic mass is 35.5. The van der Waals surface area contributed by atoms with E-state index in [1.807, 2.05) is 6.07 Å². The number of nitrogens with zero attached hydrogens (tertiary/aromatic N) is 1. The van der Waals surface area contributed by atoms with E-state index < -0.39 is 37.1 Å². The summed E-state index contributed by atoms with van der Waals surface area (Å²) in [4.78, 5) is 13.7. The summed E-state index contributed by atoms with van der Waals surface area (Å²) >= 11 is 5.98.